The van der Waals surface area contributed by atoms with Gasteiger partial charge in [0.1, 0.15) is 5.78 Å². The molecule has 0 heterocycles. The molecule has 2 nitrogen and oxygen atoms in total. The van der Waals surface area contributed by atoms with Crippen LogP contribution in [0.25, 0.3) is 0 Å². The third kappa shape index (κ3) is 1.52. The number of Topliss-reactive ketones (excluding diaryl/α,β-unsaturated/α-hetero) is 1. The maximum Gasteiger partial charge on any atom is 0.140 e. The molecule has 0 aliphatic heterocycles. The molecule has 0 spiro atoms. The fraction of sp³-hybridized carbons (Fsp3) is 0.857. The molecule has 0 aromatic carbocycles. The average molecular weight is 127 g/mol. The van der Waals surface area contributed by atoms with Gasteiger partial charge in [0.25, 0.3) is 0 Å². The summed E-state index contributed by atoms with van der Waals surface area (Å²) in [4.78, 5) is 11.1. The van der Waals surface area contributed by atoms with Gasteiger partial charge in [-0.25, -0.2) is 0 Å². The predicted octanol–water partition coefficient (Wildman–Crippen LogP) is 0.560. The summed E-state index contributed by atoms with van der Waals surface area (Å²) in [5, 5.41) is 0. The molecule has 1 rings (SSSR count). The molecule has 52 valence electrons. The van der Waals surface area contributed by atoms with Gasteiger partial charge in [0.05, 0.1) is 0 Å². The summed E-state index contributed by atoms with van der Waals surface area (Å²) < 4.78 is 0. The van der Waals surface area contributed by atoms with Gasteiger partial charge in [0.15, 0.2) is 0 Å². The van der Waals surface area contributed by atoms with E-state index in [4.69, 9.17) is 5.73 Å². The Morgan fingerprint density at radius 1 is 1.78 bits per heavy atom. The molecule has 0 aromatic heterocycles. The van der Waals surface area contributed by atoms with E-state index >= 15 is 0 Å². The molecule has 1 saturated carbocycles. The van der Waals surface area contributed by atoms with Crippen LogP contribution in [0.1, 0.15) is 19.8 Å². The summed E-state index contributed by atoms with van der Waals surface area (Å²) in [5.41, 5.74) is 5.32. The van der Waals surface area contributed by atoms with Gasteiger partial charge < -0.3 is 5.73 Å². The van der Waals surface area contributed by atoms with Crippen LogP contribution in [0, 0.1) is 11.8 Å². The fourth-order valence-corrected chi connectivity index (χ4v) is 0.886. The van der Waals surface area contributed by atoms with Crippen LogP contribution in [0.3, 0.4) is 0 Å². The second kappa shape index (κ2) is 2.48. The minimum Gasteiger partial charge on any atom is -0.330 e. The number of hydrogen-bond donors (Lipinski definition) is 1. The molecular formula is C7H13NO. The van der Waals surface area contributed by atoms with Crippen LogP contribution in [0.2, 0.25) is 0 Å². The van der Waals surface area contributed by atoms with Crippen molar-refractivity contribution in [1.29, 1.82) is 0 Å². The van der Waals surface area contributed by atoms with Crippen LogP contribution in [0.4, 0.5) is 0 Å². The normalized spacial score (nSPS) is 21.6. The van der Waals surface area contributed by atoms with Gasteiger partial charge in [-0.3, -0.25) is 4.79 Å². The van der Waals surface area contributed by atoms with Crippen molar-refractivity contribution in [2.75, 3.05) is 6.54 Å². The van der Waals surface area contributed by atoms with Gasteiger partial charge in [0.2, 0.25) is 0 Å². The van der Waals surface area contributed by atoms with E-state index in [9.17, 15) is 4.79 Å². The number of rotatable bonds is 3. The number of ketones is 1. The Morgan fingerprint density at radius 2 is 2.33 bits per heavy atom. The monoisotopic (exact) mass is 127 g/mol. The first kappa shape index (κ1) is 6.75. The van der Waals surface area contributed by atoms with E-state index in [0.29, 0.717) is 18.2 Å². The SMILES string of the molecule is CC(CN)C(=O)C1CC1. The molecule has 9 heavy (non-hydrogen) atoms. The summed E-state index contributed by atoms with van der Waals surface area (Å²) >= 11 is 0. The fourth-order valence-electron chi connectivity index (χ4n) is 0.886. The second-order valence-electron chi connectivity index (χ2n) is 2.81. The summed E-state index contributed by atoms with van der Waals surface area (Å²) in [6, 6.07) is 0. The Hall–Kier alpha value is -0.370. The van der Waals surface area contributed by atoms with E-state index in [-0.39, 0.29) is 5.92 Å². The first-order chi connectivity index (χ1) is 4.25. The third-order valence-corrected chi connectivity index (χ3v) is 1.82. The quantitative estimate of drug-likeness (QED) is 0.602. The first-order valence-corrected chi connectivity index (χ1v) is 3.49. The van der Waals surface area contributed by atoms with E-state index in [1.807, 2.05) is 6.92 Å². The maximum atomic E-state index is 11.1. The number of hydrogen-bond acceptors (Lipinski definition) is 2. The highest BCUT2D eigenvalue weighted by molar-refractivity contribution is 5.85. The predicted molar refractivity (Wildman–Crippen MR) is 35.9 cm³/mol. The summed E-state index contributed by atoms with van der Waals surface area (Å²) in [6.07, 6.45) is 2.20. The lowest BCUT2D eigenvalue weighted by Crippen LogP contribution is -2.21. The molecule has 1 unspecified atom stereocenters. The van der Waals surface area contributed by atoms with Crippen molar-refractivity contribution < 1.29 is 4.79 Å². The van der Waals surface area contributed by atoms with Crippen LogP contribution >= 0.6 is 0 Å². The molecule has 1 aliphatic rings. The Morgan fingerprint density at radius 3 is 2.67 bits per heavy atom. The van der Waals surface area contributed by atoms with Crippen molar-refractivity contribution in [2.45, 2.75) is 19.8 Å². The molecule has 2 heteroatoms. The largest absolute Gasteiger partial charge is 0.330 e. The van der Waals surface area contributed by atoms with Crippen molar-refractivity contribution in [1.82, 2.24) is 0 Å². The Kier molecular flexibility index (Phi) is 1.86. The summed E-state index contributed by atoms with van der Waals surface area (Å²) in [7, 11) is 0. The topological polar surface area (TPSA) is 43.1 Å². The molecule has 1 atom stereocenters. The molecule has 1 aliphatic carbocycles. The lowest BCUT2D eigenvalue weighted by Gasteiger charge is -2.03. The lowest BCUT2D eigenvalue weighted by atomic mass is 10.0. The molecule has 0 amide bonds. The zero-order valence-corrected chi connectivity index (χ0v) is 5.76. The van der Waals surface area contributed by atoms with Gasteiger partial charge in [-0.1, -0.05) is 6.92 Å². The van der Waals surface area contributed by atoms with Crippen LogP contribution in [0.15, 0.2) is 0 Å². The van der Waals surface area contributed by atoms with Crippen LogP contribution in [-0.2, 0) is 4.79 Å². The third-order valence-electron chi connectivity index (χ3n) is 1.82. The minimum atomic E-state index is 0.0949. The van der Waals surface area contributed by atoms with Gasteiger partial charge in [0, 0.05) is 18.4 Å². The summed E-state index contributed by atoms with van der Waals surface area (Å²) in [6.45, 7) is 2.41. The standard InChI is InChI=1S/C7H13NO/c1-5(4-8)7(9)6-2-3-6/h5-6H,2-4,8H2,1H3. The number of carbonyl (C=O) groups excluding carboxylic acids is 1. The molecule has 0 radical (unpaired) electrons. The molecule has 0 saturated heterocycles. The number of carbonyl (C=O) groups is 1. The Labute approximate surface area is 55.4 Å². The van der Waals surface area contributed by atoms with Crippen molar-refractivity contribution in [3.63, 3.8) is 0 Å². The van der Waals surface area contributed by atoms with E-state index in [1.54, 1.807) is 0 Å². The first-order valence-electron chi connectivity index (χ1n) is 3.49. The maximum absolute atomic E-state index is 11.1. The second-order valence-corrected chi connectivity index (χ2v) is 2.81. The Bertz CT molecular complexity index is 118. The highest BCUT2D eigenvalue weighted by Gasteiger charge is 2.31. The van der Waals surface area contributed by atoms with Gasteiger partial charge >= 0.3 is 0 Å². The van der Waals surface area contributed by atoms with Crippen LogP contribution in [-0.4, -0.2) is 12.3 Å². The highest BCUT2D eigenvalue weighted by atomic mass is 16.1. The minimum absolute atomic E-state index is 0.0949. The van der Waals surface area contributed by atoms with Gasteiger partial charge in [-0.15, -0.1) is 0 Å². The van der Waals surface area contributed by atoms with Gasteiger partial charge in [-0.2, -0.15) is 0 Å². The zero-order valence-electron chi connectivity index (χ0n) is 5.76. The molecule has 0 bridgehead atoms. The molecule has 0 aromatic rings. The summed E-state index contributed by atoms with van der Waals surface area (Å²) in [5.74, 6) is 0.846. The van der Waals surface area contributed by atoms with Crippen LogP contribution in [0.5, 0.6) is 0 Å². The number of nitrogens with two attached hydrogens (primary N) is 1. The van der Waals surface area contributed by atoms with E-state index in [0.717, 1.165) is 12.8 Å². The van der Waals surface area contributed by atoms with E-state index in [1.165, 1.54) is 0 Å². The zero-order chi connectivity index (χ0) is 6.85. The van der Waals surface area contributed by atoms with Crippen molar-refractivity contribution in [2.24, 2.45) is 17.6 Å². The van der Waals surface area contributed by atoms with Crippen LogP contribution < -0.4 is 5.73 Å². The smallest absolute Gasteiger partial charge is 0.140 e. The highest BCUT2D eigenvalue weighted by Crippen LogP contribution is 2.31. The van der Waals surface area contributed by atoms with Crippen molar-refractivity contribution >= 4 is 5.78 Å². The molecule has 1 fully saturated rings. The molecular weight excluding hydrogens is 114 g/mol. The Balaban J connectivity index is 2.31. The lowest BCUT2D eigenvalue weighted by molar-refractivity contribution is -0.123. The van der Waals surface area contributed by atoms with E-state index < -0.39 is 0 Å². The van der Waals surface area contributed by atoms with Gasteiger partial charge in [-0.05, 0) is 12.8 Å². The molecule has 2 N–H and O–H groups in total. The average Bonchev–Trinajstić information content (AvgIpc) is 2.66. The van der Waals surface area contributed by atoms with E-state index in [2.05, 4.69) is 0 Å². The van der Waals surface area contributed by atoms with Crippen molar-refractivity contribution in [3.05, 3.63) is 0 Å². The van der Waals surface area contributed by atoms with Crippen molar-refractivity contribution in [3.8, 4) is 0 Å².